The van der Waals surface area contributed by atoms with Gasteiger partial charge in [-0.3, -0.25) is 4.79 Å². The fourth-order valence-corrected chi connectivity index (χ4v) is 3.34. The Kier molecular flexibility index (Phi) is 6.39. The van der Waals surface area contributed by atoms with Gasteiger partial charge in [0, 0.05) is 13.5 Å². The highest BCUT2D eigenvalue weighted by Gasteiger charge is 2.18. The van der Waals surface area contributed by atoms with Crippen LogP contribution in [0.1, 0.15) is 30.5 Å². The molecule has 1 unspecified atom stereocenters. The number of nitrogens with one attached hydrogen (secondary N) is 1. The van der Waals surface area contributed by atoms with Crippen molar-refractivity contribution in [1.82, 2.24) is 9.62 Å². The summed E-state index contributed by atoms with van der Waals surface area (Å²) < 4.78 is 25.7. The summed E-state index contributed by atoms with van der Waals surface area (Å²) in [5.41, 5.74) is 1.76. The number of carbonyl (C=O) groups excluding carboxylic acids is 1. The first-order chi connectivity index (χ1) is 12.2. The van der Waals surface area contributed by atoms with Crippen LogP contribution in [0.3, 0.4) is 0 Å². The number of carbonyl (C=O) groups is 1. The molecule has 0 heterocycles. The summed E-state index contributed by atoms with van der Waals surface area (Å²) in [5, 5.41) is 9.58. The minimum atomic E-state index is -3.45. The second-order valence-corrected chi connectivity index (χ2v) is 8.01. The number of aromatic hydroxyl groups is 1. The van der Waals surface area contributed by atoms with Crippen molar-refractivity contribution in [2.24, 2.45) is 0 Å². The molecule has 6 nitrogen and oxygen atoms in total. The molecular formula is C19H24N2O4S. The van der Waals surface area contributed by atoms with Crippen LogP contribution in [-0.4, -0.2) is 38.4 Å². The Morgan fingerprint density at radius 2 is 1.85 bits per heavy atom. The van der Waals surface area contributed by atoms with E-state index in [9.17, 15) is 18.3 Å². The summed E-state index contributed by atoms with van der Waals surface area (Å²) in [6, 6.07) is 13.2. The normalized spacial score (nSPS) is 12.6. The van der Waals surface area contributed by atoms with Crippen LogP contribution in [0.2, 0.25) is 0 Å². The first-order valence-electron chi connectivity index (χ1n) is 8.31. The Labute approximate surface area is 154 Å². The minimum Gasteiger partial charge on any atom is -0.508 e. The molecule has 1 atom stereocenters. The van der Waals surface area contributed by atoms with Gasteiger partial charge in [0.15, 0.2) is 0 Å². The molecule has 26 heavy (non-hydrogen) atoms. The van der Waals surface area contributed by atoms with Crippen molar-refractivity contribution in [3.05, 3.63) is 59.7 Å². The molecule has 0 radical (unpaired) electrons. The maximum absolute atomic E-state index is 12.4. The molecular weight excluding hydrogens is 352 g/mol. The second-order valence-electron chi connectivity index (χ2n) is 6.13. The first-order valence-corrected chi connectivity index (χ1v) is 9.80. The van der Waals surface area contributed by atoms with E-state index in [2.05, 4.69) is 4.72 Å². The Morgan fingerprint density at radius 1 is 1.19 bits per heavy atom. The zero-order valence-corrected chi connectivity index (χ0v) is 16.0. The van der Waals surface area contributed by atoms with Gasteiger partial charge in [-0.1, -0.05) is 24.3 Å². The molecule has 0 saturated carbocycles. The van der Waals surface area contributed by atoms with Crippen molar-refractivity contribution < 1.29 is 18.3 Å². The van der Waals surface area contributed by atoms with E-state index in [1.54, 1.807) is 42.3 Å². The average Bonchev–Trinajstić information content (AvgIpc) is 2.65. The van der Waals surface area contributed by atoms with E-state index in [1.165, 1.54) is 19.2 Å². The van der Waals surface area contributed by atoms with Crippen LogP contribution in [-0.2, 0) is 21.2 Å². The molecule has 2 N–H and O–H groups in total. The van der Waals surface area contributed by atoms with Crippen molar-refractivity contribution in [1.29, 1.82) is 0 Å². The van der Waals surface area contributed by atoms with Crippen LogP contribution in [0.5, 0.6) is 5.75 Å². The van der Waals surface area contributed by atoms with Crippen molar-refractivity contribution >= 4 is 15.9 Å². The van der Waals surface area contributed by atoms with Gasteiger partial charge in [-0.2, -0.15) is 0 Å². The molecule has 0 aliphatic heterocycles. The molecule has 0 aliphatic rings. The second kappa shape index (κ2) is 8.33. The van der Waals surface area contributed by atoms with E-state index < -0.39 is 10.0 Å². The van der Waals surface area contributed by atoms with E-state index in [0.717, 1.165) is 11.1 Å². The van der Waals surface area contributed by atoms with Crippen LogP contribution >= 0.6 is 0 Å². The van der Waals surface area contributed by atoms with Crippen LogP contribution in [0.4, 0.5) is 0 Å². The number of phenolic OH excluding ortho intramolecular Hbond substituents is 1. The largest absolute Gasteiger partial charge is 0.508 e. The summed E-state index contributed by atoms with van der Waals surface area (Å²) >= 11 is 0. The molecule has 0 fully saturated rings. The van der Waals surface area contributed by atoms with E-state index >= 15 is 0 Å². The van der Waals surface area contributed by atoms with Crippen LogP contribution < -0.4 is 4.72 Å². The number of amides is 1. The minimum absolute atomic E-state index is 0.0206. The number of phenols is 1. The van der Waals surface area contributed by atoms with Crippen molar-refractivity contribution in [3.8, 4) is 5.75 Å². The van der Waals surface area contributed by atoms with Gasteiger partial charge in [0.25, 0.3) is 0 Å². The number of benzene rings is 2. The van der Waals surface area contributed by atoms with Gasteiger partial charge in [0.05, 0.1) is 10.9 Å². The topological polar surface area (TPSA) is 86.7 Å². The molecule has 1 amide bonds. The Bertz CT molecular complexity index is 863. The predicted octanol–water partition coefficient (Wildman–Crippen LogP) is 2.45. The van der Waals surface area contributed by atoms with Gasteiger partial charge in [-0.05, 0) is 55.8 Å². The highest BCUT2D eigenvalue weighted by Crippen LogP contribution is 2.23. The van der Waals surface area contributed by atoms with Crippen LogP contribution in [0, 0.1) is 0 Å². The molecule has 0 aliphatic carbocycles. The van der Waals surface area contributed by atoms with E-state index in [4.69, 9.17) is 0 Å². The third-order valence-electron chi connectivity index (χ3n) is 4.46. The lowest BCUT2D eigenvalue weighted by Gasteiger charge is -2.25. The van der Waals surface area contributed by atoms with Crippen LogP contribution in [0.15, 0.2) is 53.4 Å². The molecule has 2 rings (SSSR count). The Hall–Kier alpha value is -2.38. The SMILES string of the molecule is CNS(=O)(=O)c1ccc(CCC(=O)N(C)C(C)c2cccc(O)c2)cc1. The van der Waals surface area contributed by atoms with Gasteiger partial charge in [0.2, 0.25) is 15.9 Å². The highest BCUT2D eigenvalue weighted by molar-refractivity contribution is 7.89. The summed E-state index contributed by atoms with van der Waals surface area (Å²) in [5.74, 6) is 0.152. The van der Waals surface area contributed by atoms with Crippen molar-refractivity contribution in [3.63, 3.8) is 0 Å². The molecule has 7 heteroatoms. The molecule has 2 aromatic rings. The molecule has 2 aromatic carbocycles. The molecule has 0 bridgehead atoms. The van der Waals surface area contributed by atoms with Gasteiger partial charge in [-0.15, -0.1) is 0 Å². The van der Waals surface area contributed by atoms with E-state index in [0.29, 0.717) is 12.8 Å². The quantitative estimate of drug-likeness (QED) is 0.777. The summed E-state index contributed by atoms with van der Waals surface area (Å²) in [7, 11) is -0.348. The molecule has 0 aromatic heterocycles. The molecule has 0 spiro atoms. The third kappa shape index (κ3) is 4.83. The third-order valence-corrected chi connectivity index (χ3v) is 5.89. The smallest absolute Gasteiger partial charge is 0.240 e. The lowest BCUT2D eigenvalue weighted by atomic mass is 10.1. The fraction of sp³-hybridized carbons (Fsp3) is 0.316. The van der Waals surface area contributed by atoms with Crippen molar-refractivity contribution in [2.45, 2.75) is 30.7 Å². The van der Waals surface area contributed by atoms with Gasteiger partial charge >= 0.3 is 0 Å². The zero-order chi connectivity index (χ0) is 19.3. The average molecular weight is 376 g/mol. The summed E-state index contributed by atoms with van der Waals surface area (Å²) in [4.78, 5) is 14.3. The Balaban J connectivity index is 1.97. The maximum atomic E-state index is 12.4. The lowest BCUT2D eigenvalue weighted by Crippen LogP contribution is -2.29. The number of aryl methyl sites for hydroxylation is 1. The number of rotatable bonds is 7. The number of hydrogen-bond acceptors (Lipinski definition) is 4. The van der Waals surface area contributed by atoms with Crippen LogP contribution in [0.25, 0.3) is 0 Å². The van der Waals surface area contributed by atoms with E-state index in [1.807, 2.05) is 13.0 Å². The lowest BCUT2D eigenvalue weighted by molar-refractivity contribution is -0.131. The number of nitrogens with zero attached hydrogens (tertiary/aromatic N) is 1. The number of sulfonamides is 1. The number of hydrogen-bond donors (Lipinski definition) is 2. The molecule has 140 valence electrons. The standard InChI is InChI=1S/C19H24N2O4S/c1-14(16-5-4-6-17(22)13-16)21(3)19(23)12-9-15-7-10-18(11-8-15)26(24,25)20-2/h4-8,10-11,13-14,20,22H,9,12H2,1-3H3. The van der Waals surface area contributed by atoms with Gasteiger partial charge < -0.3 is 10.0 Å². The summed E-state index contributed by atoms with van der Waals surface area (Å²) in [6.07, 6.45) is 0.841. The molecule has 0 saturated heterocycles. The summed E-state index contributed by atoms with van der Waals surface area (Å²) in [6.45, 7) is 1.91. The maximum Gasteiger partial charge on any atom is 0.240 e. The van der Waals surface area contributed by atoms with Crippen molar-refractivity contribution in [2.75, 3.05) is 14.1 Å². The zero-order valence-electron chi connectivity index (χ0n) is 15.1. The fourth-order valence-electron chi connectivity index (χ4n) is 2.60. The van der Waals surface area contributed by atoms with Gasteiger partial charge in [0.1, 0.15) is 5.75 Å². The van der Waals surface area contributed by atoms with E-state index in [-0.39, 0.29) is 22.6 Å². The highest BCUT2D eigenvalue weighted by atomic mass is 32.2. The Morgan fingerprint density at radius 3 is 2.42 bits per heavy atom. The first kappa shape index (κ1) is 19.9. The predicted molar refractivity (Wildman–Crippen MR) is 100 cm³/mol. The van der Waals surface area contributed by atoms with Gasteiger partial charge in [-0.25, -0.2) is 13.1 Å². The monoisotopic (exact) mass is 376 g/mol.